The van der Waals surface area contributed by atoms with E-state index in [0.29, 0.717) is 5.69 Å². The summed E-state index contributed by atoms with van der Waals surface area (Å²) >= 11 is 0. The Hall–Kier alpha value is -2.87. The number of carbonyl (C=O) groups is 2. The van der Waals surface area contributed by atoms with Gasteiger partial charge in [0, 0.05) is 24.3 Å². The standard InChI is InChI=1S/C20H19F3N2O3/c1-25-9-8-14-13(11-25)4-3-5-16(14)24-19(27)15-10-12(6-7-17(15)28-2)18(26)20(21,22)23/h3-7,10H,8-9,11H2,1-2H3,(H,24,27). The Labute approximate surface area is 160 Å². The molecule has 5 nitrogen and oxygen atoms in total. The summed E-state index contributed by atoms with van der Waals surface area (Å²) in [5.41, 5.74) is 1.93. The Morgan fingerprint density at radius 2 is 1.93 bits per heavy atom. The normalized spacial score (nSPS) is 14.3. The molecule has 0 radical (unpaired) electrons. The molecule has 0 saturated heterocycles. The van der Waals surface area contributed by atoms with Crippen molar-refractivity contribution in [2.45, 2.75) is 19.1 Å². The highest BCUT2D eigenvalue weighted by Crippen LogP contribution is 2.29. The van der Waals surface area contributed by atoms with Gasteiger partial charge in [-0.3, -0.25) is 9.59 Å². The molecule has 1 aliphatic rings. The predicted molar refractivity (Wildman–Crippen MR) is 97.8 cm³/mol. The topological polar surface area (TPSA) is 58.6 Å². The summed E-state index contributed by atoms with van der Waals surface area (Å²) in [6, 6.07) is 8.62. The molecule has 0 aliphatic carbocycles. The molecule has 3 rings (SSSR count). The number of alkyl halides is 3. The maximum absolute atomic E-state index is 12.8. The van der Waals surface area contributed by atoms with Gasteiger partial charge in [0.25, 0.3) is 11.7 Å². The molecule has 1 amide bonds. The maximum atomic E-state index is 12.8. The highest BCUT2D eigenvalue weighted by Gasteiger charge is 2.39. The van der Waals surface area contributed by atoms with Crippen LogP contribution >= 0.6 is 0 Å². The monoisotopic (exact) mass is 392 g/mol. The number of ether oxygens (including phenoxy) is 1. The molecule has 0 aromatic heterocycles. The molecule has 0 atom stereocenters. The minimum absolute atomic E-state index is 0.0840. The number of carbonyl (C=O) groups excluding carboxylic acids is 2. The van der Waals surface area contributed by atoms with Gasteiger partial charge >= 0.3 is 6.18 Å². The van der Waals surface area contributed by atoms with Crippen molar-refractivity contribution in [3.63, 3.8) is 0 Å². The number of Topliss-reactive ketones (excluding diaryl/α,β-unsaturated/α-hetero) is 1. The quantitative estimate of drug-likeness (QED) is 0.807. The first-order valence-corrected chi connectivity index (χ1v) is 8.61. The van der Waals surface area contributed by atoms with Crippen LogP contribution in [0.4, 0.5) is 18.9 Å². The van der Waals surface area contributed by atoms with E-state index in [1.165, 1.54) is 13.2 Å². The van der Waals surface area contributed by atoms with Crippen molar-refractivity contribution in [1.29, 1.82) is 0 Å². The number of anilines is 1. The van der Waals surface area contributed by atoms with E-state index >= 15 is 0 Å². The van der Waals surface area contributed by atoms with Crippen LogP contribution in [0.3, 0.4) is 0 Å². The number of nitrogens with zero attached hydrogens (tertiary/aromatic N) is 1. The van der Waals surface area contributed by atoms with Gasteiger partial charge < -0.3 is 15.0 Å². The van der Waals surface area contributed by atoms with Crippen molar-refractivity contribution in [2.24, 2.45) is 0 Å². The van der Waals surface area contributed by atoms with Gasteiger partial charge in [0.1, 0.15) is 5.75 Å². The summed E-state index contributed by atoms with van der Waals surface area (Å²) in [7, 11) is 3.31. The van der Waals surface area contributed by atoms with Gasteiger partial charge in [-0.25, -0.2) is 0 Å². The predicted octanol–water partition coefficient (Wildman–Crippen LogP) is 3.68. The first kappa shape index (κ1) is 19.9. The van der Waals surface area contributed by atoms with Gasteiger partial charge in [0.15, 0.2) is 0 Å². The van der Waals surface area contributed by atoms with E-state index in [1.54, 1.807) is 6.07 Å². The minimum atomic E-state index is -5.02. The van der Waals surface area contributed by atoms with Crippen molar-refractivity contribution >= 4 is 17.4 Å². The largest absolute Gasteiger partial charge is 0.496 e. The zero-order valence-electron chi connectivity index (χ0n) is 15.4. The van der Waals surface area contributed by atoms with E-state index < -0.39 is 23.4 Å². The highest BCUT2D eigenvalue weighted by atomic mass is 19.4. The van der Waals surface area contributed by atoms with Crippen LogP contribution in [-0.2, 0) is 13.0 Å². The van der Waals surface area contributed by atoms with Crippen LogP contribution in [0.1, 0.15) is 31.8 Å². The molecule has 148 valence electrons. The molecular formula is C20H19F3N2O3. The van der Waals surface area contributed by atoms with Gasteiger partial charge in [-0.05, 0) is 48.9 Å². The van der Waals surface area contributed by atoms with Crippen molar-refractivity contribution in [3.8, 4) is 5.75 Å². The van der Waals surface area contributed by atoms with Crippen LogP contribution in [0.5, 0.6) is 5.75 Å². The second-order valence-electron chi connectivity index (χ2n) is 6.63. The lowest BCUT2D eigenvalue weighted by molar-refractivity contribution is -0.0885. The Bertz CT molecular complexity index is 925. The van der Waals surface area contributed by atoms with Crippen LogP contribution in [-0.4, -0.2) is 43.5 Å². The summed E-state index contributed by atoms with van der Waals surface area (Å²) in [6.07, 6.45) is -4.28. The van der Waals surface area contributed by atoms with E-state index in [4.69, 9.17) is 4.74 Å². The van der Waals surface area contributed by atoms with Gasteiger partial charge in [0.05, 0.1) is 12.7 Å². The van der Waals surface area contributed by atoms with E-state index in [0.717, 1.165) is 42.8 Å². The number of hydrogen-bond donors (Lipinski definition) is 1. The van der Waals surface area contributed by atoms with Crippen molar-refractivity contribution in [1.82, 2.24) is 4.90 Å². The molecule has 1 N–H and O–H groups in total. The number of nitrogens with one attached hydrogen (secondary N) is 1. The fraction of sp³-hybridized carbons (Fsp3) is 0.300. The molecule has 0 bridgehead atoms. The van der Waals surface area contributed by atoms with Crippen LogP contribution in [0.15, 0.2) is 36.4 Å². The number of likely N-dealkylation sites (N-methyl/N-ethyl adjacent to an activating group) is 1. The van der Waals surface area contributed by atoms with Gasteiger partial charge in [-0.1, -0.05) is 12.1 Å². The fourth-order valence-electron chi connectivity index (χ4n) is 3.25. The molecular weight excluding hydrogens is 373 g/mol. The molecule has 1 heterocycles. The van der Waals surface area contributed by atoms with Crippen LogP contribution in [0.2, 0.25) is 0 Å². The average Bonchev–Trinajstić information content (AvgIpc) is 2.66. The SMILES string of the molecule is COc1ccc(C(=O)C(F)(F)F)cc1C(=O)Nc1cccc2c1CCN(C)C2. The molecule has 0 fully saturated rings. The number of methoxy groups -OCH3 is 1. The third-order valence-corrected chi connectivity index (χ3v) is 4.67. The number of ketones is 1. The lowest BCUT2D eigenvalue weighted by atomic mass is 9.97. The average molecular weight is 392 g/mol. The summed E-state index contributed by atoms with van der Waals surface area (Å²) in [4.78, 5) is 26.4. The molecule has 0 spiro atoms. The van der Waals surface area contributed by atoms with Gasteiger partial charge in [-0.2, -0.15) is 13.2 Å². The third kappa shape index (κ3) is 4.01. The molecule has 1 aliphatic heterocycles. The zero-order valence-corrected chi connectivity index (χ0v) is 15.4. The third-order valence-electron chi connectivity index (χ3n) is 4.67. The summed E-state index contributed by atoms with van der Waals surface area (Å²) in [5.74, 6) is -2.56. The lowest BCUT2D eigenvalue weighted by Gasteiger charge is -2.26. The summed E-state index contributed by atoms with van der Waals surface area (Å²) in [5, 5.41) is 2.75. The second-order valence-corrected chi connectivity index (χ2v) is 6.63. The zero-order chi connectivity index (χ0) is 20.5. The number of halogens is 3. The smallest absolute Gasteiger partial charge is 0.454 e. The van der Waals surface area contributed by atoms with Crippen molar-refractivity contribution in [3.05, 3.63) is 58.7 Å². The maximum Gasteiger partial charge on any atom is 0.454 e. The molecule has 2 aromatic carbocycles. The number of amides is 1. The summed E-state index contributed by atoms with van der Waals surface area (Å²) in [6.45, 7) is 1.58. The van der Waals surface area contributed by atoms with Crippen molar-refractivity contribution < 1.29 is 27.5 Å². The first-order valence-electron chi connectivity index (χ1n) is 8.61. The number of rotatable bonds is 4. The van der Waals surface area contributed by atoms with Gasteiger partial charge in [0.2, 0.25) is 0 Å². The Morgan fingerprint density at radius 3 is 2.61 bits per heavy atom. The van der Waals surface area contributed by atoms with E-state index in [2.05, 4.69) is 10.2 Å². The van der Waals surface area contributed by atoms with E-state index in [9.17, 15) is 22.8 Å². The Kier molecular flexibility index (Phi) is 5.42. The van der Waals surface area contributed by atoms with Crippen LogP contribution in [0, 0.1) is 0 Å². The number of fused-ring (bicyclic) bond motifs is 1. The van der Waals surface area contributed by atoms with E-state index in [-0.39, 0.29) is 11.3 Å². The fourth-order valence-corrected chi connectivity index (χ4v) is 3.25. The van der Waals surface area contributed by atoms with Crippen LogP contribution < -0.4 is 10.1 Å². The summed E-state index contributed by atoms with van der Waals surface area (Å²) < 4.78 is 43.3. The molecule has 8 heteroatoms. The Balaban J connectivity index is 1.93. The first-order chi connectivity index (χ1) is 13.2. The molecule has 0 unspecified atom stereocenters. The Morgan fingerprint density at radius 1 is 1.18 bits per heavy atom. The van der Waals surface area contributed by atoms with Crippen LogP contribution in [0.25, 0.3) is 0 Å². The lowest BCUT2D eigenvalue weighted by Crippen LogP contribution is -2.28. The minimum Gasteiger partial charge on any atom is -0.496 e. The number of hydrogen-bond acceptors (Lipinski definition) is 4. The van der Waals surface area contributed by atoms with Crippen molar-refractivity contribution in [2.75, 3.05) is 26.0 Å². The molecule has 28 heavy (non-hydrogen) atoms. The van der Waals surface area contributed by atoms with Gasteiger partial charge in [-0.15, -0.1) is 0 Å². The molecule has 2 aromatic rings. The second kappa shape index (κ2) is 7.63. The molecule has 0 saturated carbocycles. The van der Waals surface area contributed by atoms with E-state index in [1.807, 2.05) is 19.2 Å². The highest BCUT2D eigenvalue weighted by molar-refractivity contribution is 6.09. The number of benzene rings is 2.